The molecule has 1 amide bonds. The number of halogens is 1. The van der Waals surface area contributed by atoms with Gasteiger partial charge in [-0.2, -0.15) is 0 Å². The molecule has 1 aliphatic carbocycles. The number of nitrogens with one attached hydrogen (secondary N) is 2. The molecule has 2 aromatic heterocycles. The zero-order chi connectivity index (χ0) is 21.9. The molecular formula is C25H21ClN4O2. The second-order valence-corrected chi connectivity index (χ2v) is 7.93. The van der Waals surface area contributed by atoms with Gasteiger partial charge in [0.2, 0.25) is 0 Å². The maximum atomic E-state index is 12.2. The number of H-pyrrole nitrogens is 1. The molecule has 0 unspecified atom stereocenters. The van der Waals surface area contributed by atoms with Crippen molar-refractivity contribution in [3.05, 3.63) is 89.0 Å². The summed E-state index contributed by atoms with van der Waals surface area (Å²) in [6.07, 6.45) is 7.45. The van der Waals surface area contributed by atoms with Gasteiger partial charge in [-0.1, -0.05) is 72.3 Å². The number of aromatic nitrogens is 3. The Balaban J connectivity index is 1.14. The van der Waals surface area contributed by atoms with Gasteiger partial charge < -0.3 is 15.0 Å². The monoisotopic (exact) mass is 444 g/mol. The van der Waals surface area contributed by atoms with Gasteiger partial charge in [-0.15, -0.1) is 0 Å². The molecule has 0 fully saturated rings. The van der Waals surface area contributed by atoms with E-state index >= 15 is 0 Å². The lowest BCUT2D eigenvalue weighted by Crippen LogP contribution is -2.26. The topological polar surface area (TPSA) is 79.9 Å². The van der Waals surface area contributed by atoms with Crippen molar-refractivity contribution in [2.75, 3.05) is 13.2 Å². The fourth-order valence-corrected chi connectivity index (χ4v) is 4.36. The summed E-state index contributed by atoms with van der Waals surface area (Å²) in [6.45, 7) is 0.788. The Hall–Kier alpha value is -3.64. The van der Waals surface area contributed by atoms with Crippen molar-refractivity contribution in [1.82, 2.24) is 20.3 Å². The van der Waals surface area contributed by atoms with Crippen LogP contribution in [0.5, 0.6) is 0 Å². The molecule has 0 atom stereocenters. The lowest BCUT2D eigenvalue weighted by Gasteiger charge is -2.14. The molecule has 2 N–H and O–H groups in total. The predicted octanol–water partition coefficient (Wildman–Crippen LogP) is 5.55. The zero-order valence-corrected chi connectivity index (χ0v) is 18.0. The van der Waals surface area contributed by atoms with E-state index in [0.717, 1.165) is 11.1 Å². The van der Waals surface area contributed by atoms with Crippen LogP contribution in [0.4, 0.5) is 4.79 Å². The number of hydrogen-bond acceptors (Lipinski definition) is 4. The minimum absolute atomic E-state index is 0.0590. The Kier molecular flexibility index (Phi) is 5.60. The van der Waals surface area contributed by atoms with Gasteiger partial charge in [-0.3, -0.25) is 0 Å². The summed E-state index contributed by atoms with van der Waals surface area (Å²) < 4.78 is 5.55. The first-order chi connectivity index (χ1) is 15.7. The Labute approximate surface area is 190 Å². The minimum Gasteiger partial charge on any atom is -0.449 e. The number of ether oxygens (including phenoxy) is 1. The van der Waals surface area contributed by atoms with Crippen LogP contribution in [0.25, 0.3) is 28.2 Å². The number of amides is 1. The summed E-state index contributed by atoms with van der Waals surface area (Å²) in [5.41, 5.74) is 7.23. The van der Waals surface area contributed by atoms with E-state index in [1.807, 2.05) is 42.6 Å². The largest absolute Gasteiger partial charge is 0.449 e. The smallest absolute Gasteiger partial charge is 0.407 e. The van der Waals surface area contributed by atoms with Gasteiger partial charge in [-0.05, 0) is 28.7 Å². The van der Waals surface area contributed by atoms with Crippen LogP contribution < -0.4 is 5.32 Å². The first-order valence-electron chi connectivity index (χ1n) is 10.5. The van der Waals surface area contributed by atoms with Crippen molar-refractivity contribution in [3.8, 4) is 11.1 Å². The average molecular weight is 445 g/mol. The number of alkyl carbamates (subject to hydrolysis) is 1. The summed E-state index contributed by atoms with van der Waals surface area (Å²) in [6, 6.07) is 16.6. The molecule has 1 aliphatic rings. The van der Waals surface area contributed by atoms with Crippen molar-refractivity contribution in [1.29, 1.82) is 0 Å². The predicted molar refractivity (Wildman–Crippen MR) is 126 cm³/mol. The van der Waals surface area contributed by atoms with E-state index in [1.54, 1.807) is 0 Å². The van der Waals surface area contributed by atoms with Crippen LogP contribution in [0.2, 0.25) is 5.15 Å². The molecule has 7 heteroatoms. The fraction of sp³-hybridized carbons (Fsp3) is 0.160. The molecule has 6 nitrogen and oxygen atoms in total. The molecular weight excluding hydrogens is 424 g/mol. The van der Waals surface area contributed by atoms with Crippen LogP contribution in [0, 0.1) is 0 Å². The van der Waals surface area contributed by atoms with Gasteiger partial charge in [0.25, 0.3) is 0 Å². The summed E-state index contributed by atoms with van der Waals surface area (Å²) in [4.78, 5) is 23.5. The van der Waals surface area contributed by atoms with Crippen LogP contribution in [-0.2, 0) is 4.74 Å². The van der Waals surface area contributed by atoms with Crippen molar-refractivity contribution in [2.45, 2.75) is 12.3 Å². The fourth-order valence-electron chi connectivity index (χ4n) is 4.17. The van der Waals surface area contributed by atoms with Gasteiger partial charge in [0.05, 0.1) is 0 Å². The third kappa shape index (κ3) is 3.85. The van der Waals surface area contributed by atoms with Gasteiger partial charge in [0.15, 0.2) is 5.15 Å². The van der Waals surface area contributed by atoms with Crippen molar-refractivity contribution in [3.63, 3.8) is 0 Å². The lowest BCUT2D eigenvalue weighted by molar-refractivity contribution is 0.143. The first-order valence-corrected chi connectivity index (χ1v) is 10.8. The van der Waals surface area contributed by atoms with Gasteiger partial charge in [0, 0.05) is 24.2 Å². The highest BCUT2D eigenvalue weighted by Crippen LogP contribution is 2.44. The van der Waals surface area contributed by atoms with E-state index in [9.17, 15) is 4.79 Å². The molecule has 2 heterocycles. The Morgan fingerprint density at radius 3 is 2.56 bits per heavy atom. The minimum atomic E-state index is -0.410. The molecule has 0 saturated heterocycles. The quantitative estimate of drug-likeness (QED) is 0.301. The lowest BCUT2D eigenvalue weighted by atomic mass is 9.98. The second-order valence-electron chi connectivity index (χ2n) is 7.58. The van der Waals surface area contributed by atoms with E-state index in [4.69, 9.17) is 16.3 Å². The number of carbonyl (C=O) groups is 1. The third-order valence-electron chi connectivity index (χ3n) is 5.67. The zero-order valence-electron chi connectivity index (χ0n) is 17.2. The number of hydrogen-bond donors (Lipinski definition) is 2. The molecule has 0 bridgehead atoms. The van der Waals surface area contributed by atoms with Crippen molar-refractivity contribution in [2.24, 2.45) is 0 Å². The number of fused-ring (bicyclic) bond motifs is 4. The first kappa shape index (κ1) is 20.3. The maximum Gasteiger partial charge on any atom is 0.407 e. The third-order valence-corrected chi connectivity index (χ3v) is 5.95. The van der Waals surface area contributed by atoms with Crippen molar-refractivity contribution >= 4 is 34.8 Å². The molecule has 32 heavy (non-hydrogen) atoms. The highest BCUT2D eigenvalue weighted by Gasteiger charge is 2.28. The standard InChI is InChI=1S/C25H21ClN4O2/c26-24-23-22(29-15-30-24)16(13-28-23)7-5-6-12-27-25(31)32-14-21-19-10-3-1-8-17(19)18-9-2-4-11-20(18)21/h1-5,7-11,13,15,21,28H,6,12,14H2,(H,27,31). The molecule has 4 aromatic rings. The van der Waals surface area contributed by atoms with Crippen LogP contribution in [0.1, 0.15) is 29.0 Å². The normalized spacial score (nSPS) is 12.8. The van der Waals surface area contributed by atoms with Crippen molar-refractivity contribution < 1.29 is 9.53 Å². The molecule has 5 rings (SSSR count). The maximum absolute atomic E-state index is 12.2. The number of rotatable bonds is 6. The highest BCUT2D eigenvalue weighted by atomic mass is 35.5. The molecule has 0 aliphatic heterocycles. The van der Waals surface area contributed by atoms with E-state index in [-0.39, 0.29) is 5.92 Å². The van der Waals surface area contributed by atoms with Gasteiger partial charge in [0.1, 0.15) is 24.0 Å². The summed E-state index contributed by atoms with van der Waals surface area (Å²) in [5, 5.41) is 3.21. The Bertz CT molecular complexity index is 1270. The van der Waals surface area contributed by atoms with Crippen LogP contribution >= 0.6 is 11.6 Å². The molecule has 160 valence electrons. The average Bonchev–Trinajstić information content (AvgIpc) is 3.38. The van der Waals surface area contributed by atoms with Gasteiger partial charge in [-0.25, -0.2) is 14.8 Å². The molecule has 0 spiro atoms. The number of benzene rings is 2. The van der Waals surface area contributed by atoms with E-state index in [1.165, 1.54) is 28.6 Å². The summed E-state index contributed by atoms with van der Waals surface area (Å²) in [5.74, 6) is 0.0590. The van der Waals surface area contributed by atoms with Gasteiger partial charge >= 0.3 is 6.09 Å². The molecule has 0 radical (unpaired) electrons. The van der Waals surface area contributed by atoms with E-state index in [2.05, 4.69) is 44.5 Å². The van der Waals surface area contributed by atoms with E-state index in [0.29, 0.717) is 30.2 Å². The second kappa shape index (κ2) is 8.85. The van der Waals surface area contributed by atoms with Crippen LogP contribution in [0.15, 0.2) is 67.1 Å². The summed E-state index contributed by atoms with van der Waals surface area (Å²) in [7, 11) is 0. The highest BCUT2D eigenvalue weighted by molar-refractivity contribution is 6.33. The van der Waals surface area contributed by atoms with E-state index < -0.39 is 6.09 Å². The SMILES string of the molecule is O=C(NCCC=Cc1c[nH]c2c(Cl)ncnc12)OCC1c2ccccc2-c2ccccc21. The number of aromatic amines is 1. The summed E-state index contributed by atoms with van der Waals surface area (Å²) >= 11 is 6.05. The number of carbonyl (C=O) groups excluding carboxylic acids is 1. The van der Waals surface area contributed by atoms with Crippen LogP contribution in [-0.4, -0.2) is 34.2 Å². The van der Waals surface area contributed by atoms with Crippen LogP contribution in [0.3, 0.4) is 0 Å². The molecule has 2 aromatic carbocycles. The molecule has 0 saturated carbocycles. The Morgan fingerprint density at radius 1 is 1.09 bits per heavy atom. The Morgan fingerprint density at radius 2 is 1.81 bits per heavy atom. The number of nitrogens with zero attached hydrogens (tertiary/aromatic N) is 2.